The standard InChI is InChI=1S/C63H71BN2O/c1-38-31-52-55-53(32-38)66(50-25-21-40(58(2,3)4)33-43(50)39-19-17-16-18-20-39)56-44-34-41(59(5,6)7)22-26-54(44)67-57(56)64(55)49-36-47-48(63(14,15)30-29-62(47,12)13)37-51(49)65(52)42-23-24-45-46(35-42)61(10,11)28-27-60(45,8)9/h16-26,31-37H,27-30H2,1-15H3. The maximum Gasteiger partial charge on any atom is 0.297 e. The van der Waals surface area contributed by atoms with E-state index >= 15 is 0 Å². The van der Waals surface area contributed by atoms with E-state index in [-0.39, 0.29) is 39.2 Å². The van der Waals surface area contributed by atoms with Crippen LogP contribution in [0.4, 0.5) is 34.1 Å². The minimum atomic E-state index is -0.123. The molecule has 2 aliphatic heterocycles. The summed E-state index contributed by atoms with van der Waals surface area (Å²) in [7, 11) is 0. The molecule has 7 aromatic rings. The van der Waals surface area contributed by atoms with Crippen LogP contribution in [0.15, 0.2) is 114 Å². The molecular weight excluding hydrogens is 812 g/mol. The highest BCUT2D eigenvalue weighted by molar-refractivity contribution is 7.00. The van der Waals surface area contributed by atoms with Gasteiger partial charge in [0.25, 0.3) is 6.71 Å². The van der Waals surface area contributed by atoms with Gasteiger partial charge in [-0.15, -0.1) is 0 Å². The minimum absolute atomic E-state index is 0.0287. The predicted molar refractivity (Wildman–Crippen MR) is 288 cm³/mol. The molecule has 0 radical (unpaired) electrons. The van der Waals surface area contributed by atoms with Gasteiger partial charge in [-0.2, -0.15) is 0 Å². The molecule has 4 aliphatic rings. The van der Waals surface area contributed by atoms with Crippen molar-refractivity contribution < 1.29 is 4.42 Å². The van der Waals surface area contributed by atoms with Crippen LogP contribution in [0.1, 0.15) is 162 Å². The van der Waals surface area contributed by atoms with Crippen LogP contribution in [0, 0.1) is 6.92 Å². The lowest BCUT2D eigenvalue weighted by Gasteiger charge is -2.47. The second kappa shape index (κ2) is 14.3. The molecule has 6 aromatic carbocycles. The molecule has 0 amide bonds. The molecule has 3 nitrogen and oxygen atoms in total. The van der Waals surface area contributed by atoms with Crippen molar-refractivity contribution in [2.75, 3.05) is 9.80 Å². The van der Waals surface area contributed by atoms with Crippen molar-refractivity contribution >= 4 is 68.4 Å². The summed E-state index contributed by atoms with van der Waals surface area (Å²) in [4.78, 5) is 5.27. The molecule has 0 bridgehead atoms. The van der Waals surface area contributed by atoms with Gasteiger partial charge in [0.15, 0.2) is 0 Å². The first kappa shape index (κ1) is 44.1. The fourth-order valence-electron chi connectivity index (χ4n) is 12.4. The Balaban J connectivity index is 1.29. The number of rotatable bonds is 3. The Morgan fingerprint density at radius 2 is 1.06 bits per heavy atom. The molecule has 11 rings (SSSR count). The summed E-state index contributed by atoms with van der Waals surface area (Å²) < 4.78 is 7.51. The van der Waals surface area contributed by atoms with E-state index in [4.69, 9.17) is 4.42 Å². The van der Waals surface area contributed by atoms with E-state index in [2.05, 4.69) is 223 Å². The van der Waals surface area contributed by atoms with Gasteiger partial charge in [-0.05, 0) is 175 Å². The molecule has 0 saturated heterocycles. The number of anilines is 6. The Labute approximate surface area is 402 Å². The number of benzene rings is 6. The fourth-order valence-corrected chi connectivity index (χ4v) is 12.4. The van der Waals surface area contributed by atoms with Crippen molar-refractivity contribution in [2.24, 2.45) is 0 Å². The number of furan rings is 1. The molecule has 1 aromatic heterocycles. The third-order valence-corrected chi connectivity index (χ3v) is 16.9. The van der Waals surface area contributed by atoms with Gasteiger partial charge in [0, 0.05) is 33.7 Å². The summed E-state index contributed by atoms with van der Waals surface area (Å²) in [5.74, 6) is 0. The zero-order valence-corrected chi connectivity index (χ0v) is 43.1. The highest BCUT2D eigenvalue weighted by Crippen LogP contribution is 2.54. The summed E-state index contributed by atoms with van der Waals surface area (Å²) in [6, 6.07) is 42.9. The molecule has 2 aliphatic carbocycles. The summed E-state index contributed by atoms with van der Waals surface area (Å²) in [6.45, 7) is 35.8. The maximum atomic E-state index is 7.51. The highest BCUT2D eigenvalue weighted by Gasteiger charge is 2.50. The number of aryl methyl sites for hydroxylation is 1. The lowest BCUT2D eigenvalue weighted by atomic mass is 9.35. The van der Waals surface area contributed by atoms with E-state index in [0.29, 0.717) is 0 Å². The highest BCUT2D eigenvalue weighted by atomic mass is 16.3. The molecule has 0 saturated carbocycles. The van der Waals surface area contributed by atoms with Gasteiger partial charge in [0.2, 0.25) is 0 Å². The summed E-state index contributed by atoms with van der Waals surface area (Å²) in [5, 5.41) is 1.16. The number of hydrogen-bond acceptors (Lipinski definition) is 3. The van der Waals surface area contributed by atoms with Crippen LogP contribution in [-0.2, 0) is 32.5 Å². The average Bonchev–Trinajstić information content (AvgIpc) is 3.64. The molecule has 0 N–H and O–H groups in total. The van der Waals surface area contributed by atoms with Crippen LogP contribution in [0.2, 0.25) is 0 Å². The summed E-state index contributed by atoms with van der Waals surface area (Å²) in [5.41, 5.74) is 24.3. The average molecular weight is 883 g/mol. The third-order valence-electron chi connectivity index (χ3n) is 16.9. The van der Waals surface area contributed by atoms with E-state index < -0.39 is 0 Å². The number of fused-ring (bicyclic) bond motifs is 8. The lowest BCUT2D eigenvalue weighted by molar-refractivity contribution is 0.332. The molecule has 0 fully saturated rings. The van der Waals surface area contributed by atoms with E-state index in [1.54, 1.807) is 0 Å². The summed E-state index contributed by atoms with van der Waals surface area (Å²) >= 11 is 0. The van der Waals surface area contributed by atoms with Crippen LogP contribution in [0.25, 0.3) is 22.1 Å². The Morgan fingerprint density at radius 3 is 1.69 bits per heavy atom. The second-order valence-electron chi connectivity index (χ2n) is 25.7. The van der Waals surface area contributed by atoms with Gasteiger partial charge in [-0.25, -0.2) is 0 Å². The lowest BCUT2D eigenvalue weighted by Crippen LogP contribution is -2.61. The van der Waals surface area contributed by atoms with Crippen LogP contribution in [0.3, 0.4) is 0 Å². The van der Waals surface area contributed by atoms with Crippen molar-refractivity contribution in [3.8, 4) is 11.1 Å². The topological polar surface area (TPSA) is 19.6 Å². The number of hydrogen-bond donors (Lipinski definition) is 0. The van der Waals surface area contributed by atoms with Crippen LogP contribution < -0.4 is 26.4 Å². The van der Waals surface area contributed by atoms with Crippen molar-refractivity contribution in [1.82, 2.24) is 0 Å². The summed E-state index contributed by atoms with van der Waals surface area (Å²) in [6.07, 6.45) is 4.68. The monoisotopic (exact) mass is 883 g/mol. The van der Waals surface area contributed by atoms with Gasteiger partial charge >= 0.3 is 0 Å². The van der Waals surface area contributed by atoms with Gasteiger partial charge in [0.1, 0.15) is 5.58 Å². The zero-order chi connectivity index (χ0) is 47.5. The SMILES string of the molecule is Cc1cc2c3c(c1)N(c1ccc(C(C)(C)C)cc1-c1ccccc1)c1c(oc4ccc(C(C)(C)C)cc14)B3c1cc3c(cc1N2c1ccc2c(c1)C(C)(C)CCC2(C)C)C(C)(C)CCC3(C)C. The van der Waals surface area contributed by atoms with Crippen molar-refractivity contribution in [2.45, 2.75) is 162 Å². The smallest absolute Gasteiger partial charge is 0.297 e. The molecule has 0 atom stereocenters. The van der Waals surface area contributed by atoms with E-state index in [1.807, 2.05) is 0 Å². The quantitative estimate of drug-likeness (QED) is 0.165. The largest absolute Gasteiger partial charge is 0.468 e. The predicted octanol–water partition coefficient (Wildman–Crippen LogP) is 15.8. The molecule has 4 heteroatoms. The molecule has 67 heavy (non-hydrogen) atoms. The van der Waals surface area contributed by atoms with Crippen LogP contribution in [-0.4, -0.2) is 6.71 Å². The Morgan fingerprint density at radius 1 is 0.507 bits per heavy atom. The first-order chi connectivity index (χ1) is 31.4. The molecule has 0 unspecified atom stereocenters. The fraction of sp³-hybridized carbons (Fsp3) is 0.397. The van der Waals surface area contributed by atoms with Gasteiger partial charge in [-0.3, -0.25) is 0 Å². The Kier molecular flexibility index (Phi) is 9.39. The van der Waals surface area contributed by atoms with Crippen LogP contribution >= 0.6 is 0 Å². The molecule has 342 valence electrons. The maximum absolute atomic E-state index is 7.51. The minimum Gasteiger partial charge on any atom is -0.468 e. The Bertz CT molecular complexity index is 3180. The third kappa shape index (κ3) is 6.73. The molecular formula is C63H71BN2O. The first-order valence-corrected chi connectivity index (χ1v) is 25.2. The number of nitrogens with zero attached hydrogens (tertiary/aromatic N) is 2. The van der Waals surface area contributed by atoms with Crippen LogP contribution in [0.5, 0.6) is 0 Å². The second-order valence-corrected chi connectivity index (χ2v) is 25.7. The first-order valence-electron chi connectivity index (χ1n) is 25.2. The van der Waals surface area contributed by atoms with E-state index in [1.165, 1.54) is 102 Å². The van der Waals surface area contributed by atoms with Crippen molar-refractivity contribution in [3.05, 3.63) is 148 Å². The Hall–Kier alpha value is -5.48. The van der Waals surface area contributed by atoms with Gasteiger partial charge in [-0.1, -0.05) is 152 Å². The zero-order valence-electron chi connectivity index (χ0n) is 43.1. The van der Waals surface area contributed by atoms with Crippen molar-refractivity contribution in [3.63, 3.8) is 0 Å². The van der Waals surface area contributed by atoms with E-state index in [9.17, 15) is 0 Å². The van der Waals surface area contributed by atoms with Gasteiger partial charge in [0.05, 0.1) is 17.0 Å². The molecule has 3 heterocycles. The van der Waals surface area contributed by atoms with Crippen molar-refractivity contribution in [1.29, 1.82) is 0 Å². The normalized spacial score (nSPS) is 18.5. The van der Waals surface area contributed by atoms with E-state index in [0.717, 1.165) is 35.2 Å². The van der Waals surface area contributed by atoms with Gasteiger partial charge < -0.3 is 14.2 Å². The molecule has 0 spiro atoms.